The van der Waals surface area contributed by atoms with Crippen molar-refractivity contribution in [1.82, 2.24) is 0 Å². The van der Waals surface area contributed by atoms with E-state index in [1.54, 1.807) is 0 Å². The standard InChI is InChI=1S/C29H32O2/c1-3-4-7-18-26(22-25-16-10-6-11-17-25)28-23(2)13-12-19-27(28)29(30)31-21-20-24-14-8-5-9-15-24/h5-6,8-17,19,22H,3-4,7,18,20-21H2,1-2H3/b26-22-. The van der Waals surface area contributed by atoms with Crippen molar-refractivity contribution in [3.63, 3.8) is 0 Å². The Morgan fingerprint density at radius 3 is 2.29 bits per heavy atom. The van der Waals surface area contributed by atoms with Crippen LogP contribution in [0.25, 0.3) is 11.6 Å². The molecule has 0 radical (unpaired) electrons. The largest absolute Gasteiger partial charge is 0.462 e. The summed E-state index contributed by atoms with van der Waals surface area (Å²) in [5.41, 5.74) is 6.31. The molecule has 31 heavy (non-hydrogen) atoms. The van der Waals surface area contributed by atoms with Gasteiger partial charge in [0.25, 0.3) is 0 Å². The smallest absolute Gasteiger partial charge is 0.338 e. The highest BCUT2D eigenvalue weighted by Crippen LogP contribution is 2.30. The van der Waals surface area contributed by atoms with Crippen molar-refractivity contribution < 1.29 is 9.53 Å². The van der Waals surface area contributed by atoms with Crippen molar-refractivity contribution in [2.45, 2.75) is 46.0 Å². The van der Waals surface area contributed by atoms with Crippen LogP contribution in [0.1, 0.15) is 65.2 Å². The number of hydrogen-bond donors (Lipinski definition) is 0. The first-order chi connectivity index (χ1) is 15.2. The van der Waals surface area contributed by atoms with Crippen LogP contribution in [0.4, 0.5) is 0 Å². The third-order valence-electron chi connectivity index (χ3n) is 5.47. The van der Waals surface area contributed by atoms with Gasteiger partial charge in [0.1, 0.15) is 0 Å². The molecule has 0 saturated carbocycles. The van der Waals surface area contributed by atoms with E-state index in [2.05, 4.69) is 50.3 Å². The number of aryl methyl sites for hydroxylation is 1. The molecular weight excluding hydrogens is 380 g/mol. The van der Waals surface area contributed by atoms with Crippen LogP contribution in [0.2, 0.25) is 0 Å². The van der Waals surface area contributed by atoms with Crippen molar-refractivity contribution in [1.29, 1.82) is 0 Å². The normalized spacial score (nSPS) is 11.4. The molecule has 0 saturated heterocycles. The Morgan fingerprint density at radius 1 is 0.871 bits per heavy atom. The summed E-state index contributed by atoms with van der Waals surface area (Å²) in [5, 5.41) is 0. The van der Waals surface area contributed by atoms with E-state index < -0.39 is 0 Å². The topological polar surface area (TPSA) is 26.3 Å². The third kappa shape index (κ3) is 6.68. The van der Waals surface area contributed by atoms with Gasteiger partial charge in [-0.25, -0.2) is 4.79 Å². The number of esters is 1. The number of carbonyl (C=O) groups excluding carboxylic acids is 1. The second-order valence-electron chi connectivity index (χ2n) is 7.91. The molecule has 0 unspecified atom stereocenters. The number of rotatable bonds is 10. The van der Waals surface area contributed by atoms with Crippen LogP contribution >= 0.6 is 0 Å². The van der Waals surface area contributed by atoms with Crippen LogP contribution < -0.4 is 0 Å². The second-order valence-corrected chi connectivity index (χ2v) is 7.91. The van der Waals surface area contributed by atoms with Crippen molar-refractivity contribution in [2.24, 2.45) is 0 Å². The molecule has 0 fully saturated rings. The number of hydrogen-bond acceptors (Lipinski definition) is 2. The van der Waals surface area contributed by atoms with Crippen molar-refractivity contribution >= 4 is 17.6 Å². The summed E-state index contributed by atoms with van der Waals surface area (Å²) < 4.78 is 5.69. The van der Waals surface area contributed by atoms with Gasteiger partial charge in [-0.3, -0.25) is 0 Å². The van der Waals surface area contributed by atoms with Gasteiger partial charge < -0.3 is 4.74 Å². The number of allylic oxidation sites excluding steroid dienone is 1. The van der Waals surface area contributed by atoms with Crippen molar-refractivity contribution in [2.75, 3.05) is 6.61 Å². The van der Waals surface area contributed by atoms with Crippen LogP contribution in [0.15, 0.2) is 78.9 Å². The lowest BCUT2D eigenvalue weighted by atomic mass is 9.90. The molecule has 3 aromatic rings. The molecule has 3 rings (SSSR count). The average molecular weight is 413 g/mol. The van der Waals surface area contributed by atoms with Gasteiger partial charge in [0.2, 0.25) is 0 Å². The highest BCUT2D eigenvalue weighted by molar-refractivity contribution is 5.98. The van der Waals surface area contributed by atoms with Gasteiger partial charge in [-0.2, -0.15) is 0 Å². The van der Waals surface area contributed by atoms with E-state index >= 15 is 0 Å². The number of ether oxygens (including phenoxy) is 1. The van der Waals surface area contributed by atoms with Gasteiger partial charge in [-0.05, 0) is 53.7 Å². The van der Waals surface area contributed by atoms with Gasteiger partial charge in [-0.15, -0.1) is 0 Å². The fraction of sp³-hybridized carbons (Fsp3) is 0.276. The summed E-state index contributed by atoms with van der Waals surface area (Å²) in [6.07, 6.45) is 7.33. The molecular formula is C29H32O2. The first-order valence-electron chi connectivity index (χ1n) is 11.3. The van der Waals surface area contributed by atoms with Gasteiger partial charge in [-0.1, -0.05) is 98.6 Å². The summed E-state index contributed by atoms with van der Waals surface area (Å²) in [6.45, 7) is 4.67. The zero-order valence-corrected chi connectivity index (χ0v) is 18.6. The number of carbonyl (C=O) groups is 1. The molecule has 0 N–H and O–H groups in total. The Kier molecular flexibility index (Phi) is 8.66. The number of unbranched alkanes of at least 4 members (excludes halogenated alkanes) is 2. The zero-order valence-electron chi connectivity index (χ0n) is 18.6. The van der Waals surface area contributed by atoms with Gasteiger partial charge in [0.15, 0.2) is 0 Å². The molecule has 160 valence electrons. The van der Waals surface area contributed by atoms with E-state index in [0.29, 0.717) is 12.2 Å². The lowest BCUT2D eigenvalue weighted by molar-refractivity contribution is 0.0509. The quantitative estimate of drug-likeness (QED) is 0.196. The van der Waals surface area contributed by atoms with E-state index in [4.69, 9.17) is 4.74 Å². The molecule has 0 atom stereocenters. The SMILES string of the molecule is CCCCC/C(=C/c1ccccc1)c1c(C)cccc1C(=O)OCCc1ccccc1. The Balaban J connectivity index is 1.85. The van der Waals surface area contributed by atoms with E-state index in [0.717, 1.165) is 36.0 Å². The average Bonchev–Trinajstić information content (AvgIpc) is 2.80. The number of benzene rings is 3. The minimum Gasteiger partial charge on any atom is -0.462 e. The summed E-state index contributed by atoms with van der Waals surface area (Å²) in [7, 11) is 0. The van der Waals surface area contributed by atoms with Crippen LogP contribution in [0, 0.1) is 6.92 Å². The molecule has 0 aliphatic carbocycles. The lowest BCUT2D eigenvalue weighted by Crippen LogP contribution is -2.11. The molecule has 0 heterocycles. The minimum absolute atomic E-state index is 0.246. The summed E-state index contributed by atoms with van der Waals surface area (Å²) in [4.78, 5) is 13.0. The Labute approximate surface area is 186 Å². The summed E-state index contributed by atoms with van der Waals surface area (Å²) >= 11 is 0. The van der Waals surface area contributed by atoms with Crippen molar-refractivity contribution in [3.05, 3.63) is 107 Å². The first kappa shape index (κ1) is 22.6. The maximum Gasteiger partial charge on any atom is 0.338 e. The fourth-order valence-electron chi connectivity index (χ4n) is 3.83. The maximum atomic E-state index is 13.0. The second kappa shape index (κ2) is 11.9. The van der Waals surface area contributed by atoms with Gasteiger partial charge in [0.05, 0.1) is 12.2 Å². The van der Waals surface area contributed by atoms with E-state index in [1.165, 1.54) is 24.0 Å². The Bertz CT molecular complexity index is 988. The summed E-state index contributed by atoms with van der Waals surface area (Å²) in [5.74, 6) is -0.246. The molecule has 3 aromatic carbocycles. The van der Waals surface area contributed by atoms with Crippen LogP contribution in [-0.4, -0.2) is 12.6 Å². The van der Waals surface area contributed by atoms with Crippen LogP contribution in [-0.2, 0) is 11.2 Å². The molecule has 0 bridgehead atoms. The van der Waals surface area contributed by atoms with Crippen molar-refractivity contribution in [3.8, 4) is 0 Å². The molecule has 0 aromatic heterocycles. The lowest BCUT2D eigenvalue weighted by Gasteiger charge is -2.16. The van der Waals surface area contributed by atoms with E-state index in [-0.39, 0.29) is 5.97 Å². The van der Waals surface area contributed by atoms with Crippen LogP contribution in [0.3, 0.4) is 0 Å². The molecule has 2 nitrogen and oxygen atoms in total. The van der Waals surface area contributed by atoms with Gasteiger partial charge >= 0.3 is 5.97 Å². The third-order valence-corrected chi connectivity index (χ3v) is 5.47. The summed E-state index contributed by atoms with van der Waals surface area (Å²) in [6, 6.07) is 26.4. The Hall–Kier alpha value is -3.13. The predicted octanol–water partition coefficient (Wildman–Crippen LogP) is 7.52. The molecule has 0 aliphatic rings. The predicted molar refractivity (Wildman–Crippen MR) is 130 cm³/mol. The molecule has 0 amide bonds. The zero-order chi connectivity index (χ0) is 21.9. The van der Waals surface area contributed by atoms with Crippen LogP contribution in [0.5, 0.6) is 0 Å². The van der Waals surface area contributed by atoms with E-state index in [1.807, 2.05) is 48.5 Å². The molecule has 0 spiro atoms. The van der Waals surface area contributed by atoms with Gasteiger partial charge in [0, 0.05) is 6.42 Å². The minimum atomic E-state index is -0.246. The molecule has 2 heteroatoms. The highest BCUT2D eigenvalue weighted by atomic mass is 16.5. The monoisotopic (exact) mass is 412 g/mol. The first-order valence-corrected chi connectivity index (χ1v) is 11.3. The fourth-order valence-corrected chi connectivity index (χ4v) is 3.83. The Morgan fingerprint density at radius 2 is 1.58 bits per heavy atom. The van der Waals surface area contributed by atoms with E-state index in [9.17, 15) is 4.79 Å². The molecule has 0 aliphatic heterocycles. The highest BCUT2D eigenvalue weighted by Gasteiger charge is 2.18. The maximum absolute atomic E-state index is 13.0.